The summed E-state index contributed by atoms with van der Waals surface area (Å²) < 4.78 is 7.10. The molecule has 0 aromatic heterocycles. The molecule has 1 atom stereocenters. The maximum absolute atomic E-state index is 6.07. The Labute approximate surface area is 125 Å². The third-order valence-electron chi connectivity index (χ3n) is 3.47. The van der Waals surface area contributed by atoms with Crippen LogP contribution in [-0.4, -0.2) is 13.2 Å². The molecule has 0 saturated carbocycles. The van der Waals surface area contributed by atoms with Crippen molar-refractivity contribution >= 4 is 15.9 Å². The number of benzene rings is 1. The Hall–Kier alpha value is -0.540. The number of hydrogen-bond acceptors (Lipinski definition) is 2. The van der Waals surface area contributed by atoms with Crippen LogP contribution in [0.4, 0.5) is 0 Å². The summed E-state index contributed by atoms with van der Waals surface area (Å²) in [6.07, 6.45) is 5.83. The second-order valence-electron chi connectivity index (χ2n) is 4.99. The van der Waals surface area contributed by atoms with E-state index in [1.165, 1.54) is 31.2 Å². The van der Waals surface area contributed by atoms with Gasteiger partial charge in [0.1, 0.15) is 5.75 Å². The zero-order chi connectivity index (χ0) is 14.1. The fourth-order valence-corrected chi connectivity index (χ4v) is 2.69. The molecule has 1 unspecified atom stereocenters. The molecule has 1 rings (SSSR count). The Morgan fingerprint density at radius 2 is 2.11 bits per heavy atom. The fraction of sp³-hybridized carbons (Fsp3) is 0.625. The third kappa shape index (κ3) is 5.53. The van der Waals surface area contributed by atoms with E-state index in [0.717, 1.165) is 23.2 Å². The molecule has 1 aromatic carbocycles. The van der Waals surface area contributed by atoms with Gasteiger partial charge < -0.3 is 10.5 Å². The van der Waals surface area contributed by atoms with Crippen molar-refractivity contribution in [1.29, 1.82) is 0 Å². The molecule has 108 valence electrons. The monoisotopic (exact) mass is 327 g/mol. The summed E-state index contributed by atoms with van der Waals surface area (Å²) in [5.74, 6) is 1.63. The molecule has 0 aliphatic rings. The highest BCUT2D eigenvalue weighted by molar-refractivity contribution is 9.10. The van der Waals surface area contributed by atoms with Crippen molar-refractivity contribution in [2.24, 2.45) is 11.7 Å². The maximum Gasteiger partial charge on any atom is 0.136 e. The van der Waals surface area contributed by atoms with Gasteiger partial charge in [0.2, 0.25) is 0 Å². The largest absolute Gasteiger partial charge is 0.492 e. The van der Waals surface area contributed by atoms with Crippen LogP contribution in [0.25, 0.3) is 0 Å². The van der Waals surface area contributed by atoms with Gasteiger partial charge in [-0.25, -0.2) is 0 Å². The zero-order valence-corrected chi connectivity index (χ0v) is 13.7. The topological polar surface area (TPSA) is 35.2 Å². The first-order valence-corrected chi connectivity index (χ1v) is 8.12. The molecule has 0 heterocycles. The predicted molar refractivity (Wildman–Crippen MR) is 85.7 cm³/mol. The SMILES string of the molecule is CCCCC(CC)COc1c(Br)cccc1CCN. The highest BCUT2D eigenvalue weighted by Gasteiger charge is 2.11. The Balaban J connectivity index is 2.64. The number of unbranched alkanes of at least 4 members (excludes halogenated alkanes) is 1. The summed E-state index contributed by atoms with van der Waals surface area (Å²) in [6.45, 7) is 5.93. The van der Waals surface area contributed by atoms with Gasteiger partial charge >= 0.3 is 0 Å². The quantitative estimate of drug-likeness (QED) is 0.722. The van der Waals surface area contributed by atoms with E-state index in [4.69, 9.17) is 10.5 Å². The summed E-state index contributed by atoms with van der Waals surface area (Å²) in [5, 5.41) is 0. The Kier molecular flexibility index (Phi) is 8.15. The van der Waals surface area contributed by atoms with E-state index >= 15 is 0 Å². The minimum atomic E-state index is 0.651. The van der Waals surface area contributed by atoms with Crippen LogP contribution in [0.5, 0.6) is 5.75 Å². The Morgan fingerprint density at radius 1 is 1.32 bits per heavy atom. The van der Waals surface area contributed by atoms with Gasteiger partial charge in [-0.05, 0) is 52.9 Å². The lowest BCUT2D eigenvalue weighted by molar-refractivity contribution is 0.230. The Morgan fingerprint density at radius 3 is 2.74 bits per heavy atom. The lowest BCUT2D eigenvalue weighted by Gasteiger charge is -2.18. The smallest absolute Gasteiger partial charge is 0.136 e. The molecule has 3 heteroatoms. The van der Waals surface area contributed by atoms with Crippen molar-refractivity contribution in [1.82, 2.24) is 0 Å². The number of halogens is 1. The van der Waals surface area contributed by atoms with Gasteiger partial charge in [0, 0.05) is 0 Å². The van der Waals surface area contributed by atoms with E-state index in [2.05, 4.69) is 35.8 Å². The van der Waals surface area contributed by atoms with Crippen LogP contribution in [0, 0.1) is 5.92 Å². The van der Waals surface area contributed by atoms with Gasteiger partial charge in [0.25, 0.3) is 0 Å². The molecular weight excluding hydrogens is 302 g/mol. The average Bonchev–Trinajstić information content (AvgIpc) is 2.41. The van der Waals surface area contributed by atoms with Crippen molar-refractivity contribution < 1.29 is 4.74 Å². The van der Waals surface area contributed by atoms with Crippen LogP contribution < -0.4 is 10.5 Å². The number of nitrogens with two attached hydrogens (primary N) is 1. The summed E-state index contributed by atoms with van der Waals surface area (Å²) in [4.78, 5) is 0. The molecule has 0 spiro atoms. The van der Waals surface area contributed by atoms with Crippen LogP contribution in [0.2, 0.25) is 0 Å². The molecule has 0 amide bonds. The third-order valence-corrected chi connectivity index (χ3v) is 4.09. The van der Waals surface area contributed by atoms with E-state index in [1.54, 1.807) is 0 Å². The predicted octanol–water partition coefficient (Wildman–Crippen LogP) is 4.55. The van der Waals surface area contributed by atoms with E-state index < -0.39 is 0 Å². The van der Waals surface area contributed by atoms with Gasteiger partial charge in [-0.1, -0.05) is 45.2 Å². The number of ether oxygens (including phenoxy) is 1. The van der Waals surface area contributed by atoms with Gasteiger partial charge in [0.15, 0.2) is 0 Å². The molecule has 0 aliphatic heterocycles. The molecule has 19 heavy (non-hydrogen) atoms. The molecule has 0 radical (unpaired) electrons. The van der Waals surface area contributed by atoms with Crippen molar-refractivity contribution in [2.45, 2.75) is 46.0 Å². The lowest BCUT2D eigenvalue weighted by Crippen LogP contribution is -2.13. The normalized spacial score (nSPS) is 12.4. The van der Waals surface area contributed by atoms with E-state index in [1.807, 2.05) is 12.1 Å². The Bertz CT molecular complexity index is 368. The summed E-state index contributed by atoms with van der Waals surface area (Å²) in [7, 11) is 0. The lowest BCUT2D eigenvalue weighted by atomic mass is 10.0. The van der Waals surface area contributed by atoms with Crippen LogP contribution in [0.1, 0.15) is 45.1 Å². The standard InChI is InChI=1S/C16H26BrNO/c1-3-5-7-13(4-2)12-19-16-14(10-11-18)8-6-9-15(16)17/h6,8-9,13H,3-5,7,10-12,18H2,1-2H3. The average molecular weight is 328 g/mol. The first-order chi connectivity index (χ1) is 9.22. The second-order valence-corrected chi connectivity index (χ2v) is 5.85. The first-order valence-electron chi connectivity index (χ1n) is 7.33. The zero-order valence-electron chi connectivity index (χ0n) is 12.1. The van der Waals surface area contributed by atoms with Crippen LogP contribution in [0.15, 0.2) is 22.7 Å². The highest BCUT2D eigenvalue weighted by atomic mass is 79.9. The summed E-state index contributed by atoms with van der Waals surface area (Å²) >= 11 is 3.58. The molecule has 0 fully saturated rings. The number of hydrogen-bond donors (Lipinski definition) is 1. The van der Waals surface area contributed by atoms with E-state index in [9.17, 15) is 0 Å². The van der Waals surface area contributed by atoms with Crippen molar-refractivity contribution in [3.05, 3.63) is 28.2 Å². The van der Waals surface area contributed by atoms with Crippen molar-refractivity contribution in [3.63, 3.8) is 0 Å². The number of para-hydroxylation sites is 1. The molecule has 0 bridgehead atoms. The van der Waals surface area contributed by atoms with Gasteiger partial charge in [0.05, 0.1) is 11.1 Å². The summed E-state index contributed by atoms with van der Waals surface area (Å²) in [6, 6.07) is 6.17. The minimum Gasteiger partial charge on any atom is -0.492 e. The second kappa shape index (κ2) is 9.38. The maximum atomic E-state index is 6.07. The minimum absolute atomic E-state index is 0.651. The van der Waals surface area contributed by atoms with Crippen LogP contribution >= 0.6 is 15.9 Å². The molecule has 1 aromatic rings. The molecule has 0 saturated heterocycles. The highest BCUT2D eigenvalue weighted by Crippen LogP contribution is 2.30. The van der Waals surface area contributed by atoms with Crippen LogP contribution in [-0.2, 0) is 6.42 Å². The van der Waals surface area contributed by atoms with E-state index in [0.29, 0.717) is 12.5 Å². The number of rotatable bonds is 9. The van der Waals surface area contributed by atoms with E-state index in [-0.39, 0.29) is 0 Å². The van der Waals surface area contributed by atoms with Crippen molar-refractivity contribution in [3.8, 4) is 5.75 Å². The molecule has 2 N–H and O–H groups in total. The summed E-state index contributed by atoms with van der Waals surface area (Å²) in [5.41, 5.74) is 6.85. The van der Waals surface area contributed by atoms with Crippen molar-refractivity contribution in [2.75, 3.05) is 13.2 Å². The van der Waals surface area contributed by atoms with Crippen LogP contribution in [0.3, 0.4) is 0 Å². The van der Waals surface area contributed by atoms with Gasteiger partial charge in [-0.2, -0.15) is 0 Å². The van der Waals surface area contributed by atoms with Gasteiger partial charge in [-0.3, -0.25) is 0 Å². The fourth-order valence-electron chi connectivity index (χ4n) is 2.17. The molecule has 2 nitrogen and oxygen atoms in total. The molecule has 0 aliphatic carbocycles. The first kappa shape index (κ1) is 16.5. The molecular formula is C16H26BrNO. The van der Waals surface area contributed by atoms with Gasteiger partial charge in [-0.15, -0.1) is 0 Å².